The molecule has 0 saturated heterocycles. The lowest BCUT2D eigenvalue weighted by Crippen LogP contribution is -2.35. The first-order valence-corrected chi connectivity index (χ1v) is 6.64. The van der Waals surface area contributed by atoms with Crippen LogP contribution in [0, 0.1) is 5.92 Å². The summed E-state index contributed by atoms with van der Waals surface area (Å²) in [5, 5.41) is 3.00. The Morgan fingerprint density at radius 2 is 1.63 bits per heavy atom. The Balaban J connectivity index is 2.57. The summed E-state index contributed by atoms with van der Waals surface area (Å²) in [7, 11) is 0. The molecule has 19 heavy (non-hydrogen) atoms. The quantitative estimate of drug-likeness (QED) is 0.812. The summed E-state index contributed by atoms with van der Waals surface area (Å²) in [5.74, 6) is 0.616. The van der Waals surface area contributed by atoms with E-state index in [4.69, 9.17) is 0 Å². The predicted molar refractivity (Wildman–Crippen MR) is 72.2 cm³/mol. The third-order valence-corrected chi connectivity index (χ3v) is 3.26. The summed E-state index contributed by atoms with van der Waals surface area (Å²) < 4.78 is 36.8. The molecule has 0 spiro atoms. The molecule has 1 aromatic carbocycles. The highest BCUT2D eigenvalue weighted by molar-refractivity contribution is 5.20. The lowest BCUT2D eigenvalue weighted by atomic mass is 9.88. The van der Waals surface area contributed by atoms with Gasteiger partial charge in [0.05, 0.1) is 6.42 Å². The zero-order valence-electron chi connectivity index (χ0n) is 11.7. The van der Waals surface area contributed by atoms with Gasteiger partial charge in [-0.05, 0) is 24.3 Å². The van der Waals surface area contributed by atoms with Crippen LogP contribution in [0.25, 0.3) is 0 Å². The van der Waals surface area contributed by atoms with Crippen LogP contribution in [0.2, 0.25) is 0 Å². The topological polar surface area (TPSA) is 12.0 Å². The minimum atomic E-state index is -4.10. The second-order valence-electron chi connectivity index (χ2n) is 5.39. The third-order valence-electron chi connectivity index (χ3n) is 3.26. The second kappa shape index (κ2) is 6.94. The van der Waals surface area contributed by atoms with Crippen molar-refractivity contribution in [3.05, 3.63) is 35.9 Å². The van der Waals surface area contributed by atoms with Crippen molar-refractivity contribution in [3.8, 4) is 0 Å². The molecule has 108 valence electrons. The molecule has 0 aliphatic heterocycles. The predicted octanol–water partition coefficient (Wildman–Crippen LogP) is 4.36. The van der Waals surface area contributed by atoms with Gasteiger partial charge < -0.3 is 5.32 Å². The second-order valence-corrected chi connectivity index (χ2v) is 5.39. The SMILES string of the molecule is CC(CC(F)(F)F)NCC(c1ccccc1)C(C)C. The van der Waals surface area contributed by atoms with Gasteiger partial charge >= 0.3 is 6.18 Å². The van der Waals surface area contributed by atoms with Crippen molar-refractivity contribution in [2.45, 2.75) is 45.3 Å². The molecule has 0 aliphatic rings. The van der Waals surface area contributed by atoms with Gasteiger partial charge in [0.1, 0.15) is 0 Å². The number of hydrogen-bond acceptors (Lipinski definition) is 1. The number of nitrogens with one attached hydrogen (secondary N) is 1. The van der Waals surface area contributed by atoms with E-state index in [-0.39, 0.29) is 5.92 Å². The molecule has 0 amide bonds. The van der Waals surface area contributed by atoms with Crippen molar-refractivity contribution in [1.82, 2.24) is 5.32 Å². The van der Waals surface area contributed by atoms with Gasteiger partial charge in [-0.15, -0.1) is 0 Å². The number of alkyl halides is 3. The maximum absolute atomic E-state index is 12.3. The normalized spacial score (nSPS) is 15.5. The van der Waals surface area contributed by atoms with E-state index in [1.54, 1.807) is 6.92 Å². The van der Waals surface area contributed by atoms with E-state index in [9.17, 15) is 13.2 Å². The van der Waals surface area contributed by atoms with Crippen molar-refractivity contribution >= 4 is 0 Å². The minimum absolute atomic E-state index is 0.233. The van der Waals surface area contributed by atoms with Gasteiger partial charge in [-0.2, -0.15) is 13.2 Å². The first kappa shape index (κ1) is 16.0. The Bertz CT molecular complexity index is 359. The Morgan fingerprint density at radius 1 is 1.05 bits per heavy atom. The average molecular weight is 273 g/mol. The van der Waals surface area contributed by atoms with Crippen molar-refractivity contribution in [1.29, 1.82) is 0 Å². The van der Waals surface area contributed by atoms with Crippen LogP contribution < -0.4 is 5.32 Å². The number of hydrogen-bond donors (Lipinski definition) is 1. The molecule has 0 heterocycles. The standard InChI is InChI=1S/C15H22F3N/c1-11(2)14(13-7-5-4-6-8-13)10-19-12(3)9-15(16,17)18/h4-8,11-12,14,19H,9-10H2,1-3H3. The van der Waals surface area contributed by atoms with Crippen LogP contribution in [-0.2, 0) is 0 Å². The summed E-state index contributed by atoms with van der Waals surface area (Å²) in [6, 6.07) is 9.38. The Morgan fingerprint density at radius 3 is 2.11 bits per heavy atom. The van der Waals surface area contributed by atoms with E-state index in [0.29, 0.717) is 12.5 Å². The van der Waals surface area contributed by atoms with Crippen molar-refractivity contribution in [2.75, 3.05) is 6.54 Å². The summed E-state index contributed by atoms with van der Waals surface area (Å²) >= 11 is 0. The molecule has 0 saturated carbocycles. The Hall–Kier alpha value is -1.03. The first-order chi connectivity index (χ1) is 8.79. The number of halogens is 3. The van der Waals surface area contributed by atoms with Crippen LogP contribution in [0.3, 0.4) is 0 Å². The zero-order valence-corrected chi connectivity index (χ0v) is 11.7. The van der Waals surface area contributed by atoms with Crippen LogP contribution >= 0.6 is 0 Å². The Labute approximate surface area is 113 Å². The van der Waals surface area contributed by atoms with Crippen LogP contribution in [0.1, 0.15) is 38.7 Å². The molecule has 0 fully saturated rings. The fourth-order valence-corrected chi connectivity index (χ4v) is 2.19. The van der Waals surface area contributed by atoms with E-state index in [2.05, 4.69) is 19.2 Å². The van der Waals surface area contributed by atoms with Gasteiger partial charge in [0.15, 0.2) is 0 Å². The molecule has 1 aromatic rings. The fourth-order valence-electron chi connectivity index (χ4n) is 2.19. The van der Waals surface area contributed by atoms with Crippen LogP contribution in [0.15, 0.2) is 30.3 Å². The van der Waals surface area contributed by atoms with E-state index in [0.717, 1.165) is 0 Å². The van der Waals surface area contributed by atoms with Gasteiger partial charge in [0.2, 0.25) is 0 Å². The maximum atomic E-state index is 12.3. The summed E-state index contributed by atoms with van der Waals surface area (Å²) in [5.41, 5.74) is 1.17. The van der Waals surface area contributed by atoms with Gasteiger partial charge in [0.25, 0.3) is 0 Å². The molecule has 2 atom stereocenters. The summed E-state index contributed by atoms with van der Waals surface area (Å²) in [6.45, 7) is 6.33. The van der Waals surface area contributed by atoms with Gasteiger partial charge in [-0.1, -0.05) is 44.2 Å². The minimum Gasteiger partial charge on any atom is -0.313 e. The van der Waals surface area contributed by atoms with Crippen LogP contribution in [0.4, 0.5) is 13.2 Å². The Kier molecular flexibility index (Phi) is 5.85. The lowest BCUT2D eigenvalue weighted by molar-refractivity contribution is -0.139. The average Bonchev–Trinajstić information content (AvgIpc) is 2.27. The van der Waals surface area contributed by atoms with Crippen LogP contribution in [0.5, 0.6) is 0 Å². The van der Waals surface area contributed by atoms with Crippen LogP contribution in [-0.4, -0.2) is 18.8 Å². The highest BCUT2D eigenvalue weighted by Gasteiger charge is 2.30. The number of rotatable bonds is 6. The molecule has 0 radical (unpaired) electrons. The van der Waals surface area contributed by atoms with E-state index in [1.165, 1.54) is 5.56 Å². The molecule has 2 unspecified atom stereocenters. The first-order valence-electron chi connectivity index (χ1n) is 6.64. The van der Waals surface area contributed by atoms with Crippen molar-refractivity contribution < 1.29 is 13.2 Å². The molecule has 0 aliphatic carbocycles. The fraction of sp³-hybridized carbons (Fsp3) is 0.600. The monoisotopic (exact) mass is 273 g/mol. The molecule has 1 rings (SSSR count). The summed E-state index contributed by atoms with van der Waals surface area (Å²) in [4.78, 5) is 0. The van der Waals surface area contributed by atoms with Crippen molar-refractivity contribution in [3.63, 3.8) is 0 Å². The third kappa shape index (κ3) is 6.10. The molecule has 1 nitrogen and oxygen atoms in total. The van der Waals surface area contributed by atoms with E-state index >= 15 is 0 Å². The summed E-state index contributed by atoms with van der Waals surface area (Å²) in [6.07, 6.45) is -4.89. The number of benzene rings is 1. The van der Waals surface area contributed by atoms with Crippen molar-refractivity contribution in [2.24, 2.45) is 5.92 Å². The lowest BCUT2D eigenvalue weighted by Gasteiger charge is -2.24. The molecule has 0 bridgehead atoms. The zero-order chi connectivity index (χ0) is 14.5. The van der Waals surface area contributed by atoms with Gasteiger partial charge in [-0.3, -0.25) is 0 Å². The highest BCUT2D eigenvalue weighted by Crippen LogP contribution is 2.25. The molecular formula is C15H22F3N. The van der Waals surface area contributed by atoms with E-state index < -0.39 is 18.6 Å². The molecule has 1 N–H and O–H groups in total. The smallest absolute Gasteiger partial charge is 0.313 e. The van der Waals surface area contributed by atoms with E-state index in [1.807, 2.05) is 30.3 Å². The van der Waals surface area contributed by atoms with Gasteiger partial charge in [-0.25, -0.2) is 0 Å². The molecule has 0 aromatic heterocycles. The molecule has 4 heteroatoms. The maximum Gasteiger partial charge on any atom is 0.390 e. The highest BCUT2D eigenvalue weighted by atomic mass is 19.4. The molecular weight excluding hydrogens is 251 g/mol. The van der Waals surface area contributed by atoms with Gasteiger partial charge in [0, 0.05) is 12.6 Å². The largest absolute Gasteiger partial charge is 0.390 e.